The van der Waals surface area contributed by atoms with E-state index < -0.39 is 5.41 Å². The third-order valence-corrected chi connectivity index (χ3v) is 6.93. The molecule has 2 aliphatic rings. The van der Waals surface area contributed by atoms with Gasteiger partial charge >= 0.3 is 0 Å². The number of nitriles is 2. The third kappa shape index (κ3) is 4.67. The number of methoxy groups -OCH3 is 3. The fraction of sp³-hybridized carbons (Fsp3) is 0.435. The standard InChI is InChI=1S/C23H27N5O4S/c1-30-17-9-14(10-18(31-2)20(17)32-3)27-19(29)13-33-22-16(12-25)23(7-5-4-6-8-23)15(11-24)21(26)28-22/h9-10,28H,4-8,13,26H2,1-3H3,(H,27,29). The van der Waals surface area contributed by atoms with Crippen LogP contribution >= 0.6 is 11.8 Å². The Hall–Kier alpha value is -3.50. The third-order valence-electron chi connectivity index (χ3n) is 5.93. The monoisotopic (exact) mass is 469 g/mol. The van der Waals surface area contributed by atoms with Crippen LogP contribution in [0, 0.1) is 28.1 Å². The highest BCUT2D eigenvalue weighted by Gasteiger charge is 2.45. The number of nitrogens with zero attached hydrogens (tertiary/aromatic N) is 2. The van der Waals surface area contributed by atoms with Gasteiger partial charge in [0.25, 0.3) is 0 Å². The van der Waals surface area contributed by atoms with Gasteiger partial charge in [0.2, 0.25) is 11.7 Å². The highest BCUT2D eigenvalue weighted by molar-refractivity contribution is 8.03. The number of benzene rings is 1. The molecule has 1 aromatic carbocycles. The molecule has 0 atom stereocenters. The summed E-state index contributed by atoms with van der Waals surface area (Å²) in [5.74, 6) is 1.28. The predicted octanol–water partition coefficient (Wildman–Crippen LogP) is 3.37. The van der Waals surface area contributed by atoms with Crippen LogP contribution in [0.1, 0.15) is 32.1 Å². The van der Waals surface area contributed by atoms with E-state index in [-0.39, 0.29) is 17.5 Å². The topological polar surface area (TPSA) is 142 Å². The van der Waals surface area contributed by atoms with Crippen molar-refractivity contribution in [3.05, 3.63) is 34.1 Å². The minimum Gasteiger partial charge on any atom is -0.493 e. The molecule has 4 N–H and O–H groups in total. The van der Waals surface area contributed by atoms with Gasteiger partial charge in [-0.25, -0.2) is 0 Å². The number of amides is 1. The SMILES string of the molecule is COc1cc(NC(=O)CSC2=C(C#N)C3(CCCCC3)C(C#N)=C(N)N2)cc(OC)c1OC. The summed E-state index contributed by atoms with van der Waals surface area (Å²) in [5.41, 5.74) is 6.89. The number of anilines is 1. The Morgan fingerprint density at radius 3 is 2.21 bits per heavy atom. The molecule has 1 spiro atoms. The molecule has 1 heterocycles. The van der Waals surface area contributed by atoms with Crippen molar-refractivity contribution in [2.75, 3.05) is 32.4 Å². The first kappa shape index (κ1) is 24.1. The highest BCUT2D eigenvalue weighted by atomic mass is 32.2. The summed E-state index contributed by atoms with van der Waals surface area (Å²) in [6.45, 7) is 0. The molecule has 1 aromatic rings. The Labute approximate surface area is 197 Å². The van der Waals surface area contributed by atoms with Gasteiger partial charge in [0.15, 0.2) is 11.5 Å². The average molecular weight is 470 g/mol. The summed E-state index contributed by atoms with van der Waals surface area (Å²) in [7, 11) is 4.50. The smallest absolute Gasteiger partial charge is 0.234 e. The van der Waals surface area contributed by atoms with Crippen molar-refractivity contribution in [2.45, 2.75) is 32.1 Å². The van der Waals surface area contributed by atoms with Gasteiger partial charge in [-0.05, 0) is 12.8 Å². The van der Waals surface area contributed by atoms with E-state index in [9.17, 15) is 15.3 Å². The number of carbonyl (C=O) groups excluding carboxylic acids is 1. The van der Waals surface area contributed by atoms with Gasteiger partial charge in [-0.3, -0.25) is 4.79 Å². The average Bonchev–Trinajstić information content (AvgIpc) is 2.82. The Kier molecular flexibility index (Phi) is 7.62. The minimum absolute atomic E-state index is 0.0371. The lowest BCUT2D eigenvalue weighted by molar-refractivity contribution is -0.113. The molecule has 0 saturated heterocycles. The van der Waals surface area contributed by atoms with Crippen molar-refractivity contribution in [1.82, 2.24) is 5.32 Å². The zero-order valence-electron chi connectivity index (χ0n) is 18.9. The van der Waals surface area contributed by atoms with Gasteiger partial charge in [0, 0.05) is 23.2 Å². The Balaban J connectivity index is 1.80. The van der Waals surface area contributed by atoms with Gasteiger partial charge in [0.1, 0.15) is 5.82 Å². The van der Waals surface area contributed by atoms with E-state index in [2.05, 4.69) is 22.8 Å². The summed E-state index contributed by atoms with van der Waals surface area (Å²) < 4.78 is 15.9. The van der Waals surface area contributed by atoms with Crippen LogP contribution in [-0.2, 0) is 4.79 Å². The molecule has 0 radical (unpaired) electrons. The van der Waals surface area contributed by atoms with Gasteiger partial charge in [-0.2, -0.15) is 10.5 Å². The van der Waals surface area contributed by atoms with E-state index in [1.807, 2.05) is 0 Å². The minimum atomic E-state index is -0.674. The number of allylic oxidation sites excluding steroid dienone is 2. The maximum Gasteiger partial charge on any atom is 0.234 e. The van der Waals surface area contributed by atoms with Crippen LogP contribution in [0.5, 0.6) is 17.2 Å². The summed E-state index contributed by atoms with van der Waals surface area (Å²) in [4.78, 5) is 12.7. The Morgan fingerprint density at radius 2 is 1.70 bits per heavy atom. The van der Waals surface area contributed by atoms with E-state index in [0.29, 0.717) is 52.0 Å². The number of ether oxygens (including phenoxy) is 3. The molecular weight excluding hydrogens is 442 g/mol. The summed E-state index contributed by atoms with van der Waals surface area (Å²) >= 11 is 1.19. The summed E-state index contributed by atoms with van der Waals surface area (Å²) in [6, 6.07) is 7.78. The van der Waals surface area contributed by atoms with Crippen molar-refractivity contribution in [2.24, 2.45) is 11.1 Å². The normalized spacial score (nSPS) is 17.0. The number of dihydropyridines is 1. The zero-order valence-corrected chi connectivity index (χ0v) is 19.7. The molecule has 9 nitrogen and oxygen atoms in total. The van der Waals surface area contributed by atoms with Crippen molar-refractivity contribution >= 4 is 23.4 Å². The molecular formula is C23H27N5O4S. The first-order valence-electron chi connectivity index (χ1n) is 10.5. The first-order chi connectivity index (χ1) is 15.9. The van der Waals surface area contributed by atoms with E-state index in [1.165, 1.54) is 33.1 Å². The maximum absolute atomic E-state index is 12.7. The number of thioether (sulfide) groups is 1. The maximum atomic E-state index is 12.7. The van der Waals surface area contributed by atoms with Gasteiger partial charge in [-0.15, -0.1) is 0 Å². The lowest BCUT2D eigenvalue weighted by Crippen LogP contribution is -2.39. The number of rotatable bonds is 7. The molecule has 0 aromatic heterocycles. The fourth-order valence-electron chi connectivity index (χ4n) is 4.42. The molecule has 174 valence electrons. The van der Waals surface area contributed by atoms with Crippen LogP contribution < -0.4 is 30.6 Å². The van der Waals surface area contributed by atoms with Gasteiger partial charge < -0.3 is 30.6 Å². The van der Waals surface area contributed by atoms with Crippen molar-refractivity contribution < 1.29 is 19.0 Å². The molecule has 10 heteroatoms. The van der Waals surface area contributed by atoms with Gasteiger partial charge in [-0.1, -0.05) is 31.0 Å². The molecule has 1 amide bonds. The number of hydrogen-bond donors (Lipinski definition) is 3. The molecule has 1 aliphatic heterocycles. The van der Waals surface area contributed by atoms with Crippen LogP contribution in [0.2, 0.25) is 0 Å². The second-order valence-corrected chi connectivity index (χ2v) is 8.72. The molecule has 0 bridgehead atoms. The van der Waals surface area contributed by atoms with Crippen LogP contribution in [0.4, 0.5) is 5.69 Å². The Morgan fingerprint density at radius 1 is 1.09 bits per heavy atom. The highest BCUT2D eigenvalue weighted by Crippen LogP contribution is 2.51. The molecule has 1 aliphatic carbocycles. The van der Waals surface area contributed by atoms with Crippen LogP contribution in [0.3, 0.4) is 0 Å². The van der Waals surface area contributed by atoms with E-state index in [0.717, 1.165) is 19.3 Å². The van der Waals surface area contributed by atoms with Crippen LogP contribution in [-0.4, -0.2) is 33.0 Å². The summed E-state index contributed by atoms with van der Waals surface area (Å²) in [5, 5.41) is 26.0. The molecule has 33 heavy (non-hydrogen) atoms. The van der Waals surface area contributed by atoms with Crippen molar-refractivity contribution in [3.8, 4) is 29.4 Å². The lowest BCUT2D eigenvalue weighted by atomic mass is 9.64. The Bertz CT molecular complexity index is 1050. The second kappa shape index (κ2) is 10.4. The first-order valence-corrected chi connectivity index (χ1v) is 11.5. The number of nitrogens with one attached hydrogen (secondary N) is 2. The van der Waals surface area contributed by atoms with E-state index >= 15 is 0 Å². The van der Waals surface area contributed by atoms with Crippen LogP contribution in [0.25, 0.3) is 0 Å². The number of nitrogens with two attached hydrogens (primary N) is 1. The van der Waals surface area contributed by atoms with Crippen LogP contribution in [0.15, 0.2) is 34.1 Å². The summed E-state index contributed by atoms with van der Waals surface area (Å²) in [6.07, 6.45) is 4.30. The van der Waals surface area contributed by atoms with Gasteiger partial charge in [0.05, 0.1) is 55.4 Å². The molecule has 1 saturated carbocycles. The van der Waals surface area contributed by atoms with Crippen molar-refractivity contribution in [1.29, 1.82) is 10.5 Å². The quantitative estimate of drug-likeness (QED) is 0.547. The predicted molar refractivity (Wildman–Crippen MR) is 125 cm³/mol. The number of hydrogen-bond acceptors (Lipinski definition) is 9. The fourth-order valence-corrected chi connectivity index (χ4v) is 5.34. The van der Waals surface area contributed by atoms with E-state index in [1.54, 1.807) is 12.1 Å². The molecule has 3 rings (SSSR count). The largest absolute Gasteiger partial charge is 0.493 e. The lowest BCUT2D eigenvalue weighted by Gasteiger charge is -2.40. The molecule has 0 unspecified atom stereocenters. The van der Waals surface area contributed by atoms with Crippen molar-refractivity contribution in [3.63, 3.8) is 0 Å². The second-order valence-electron chi connectivity index (χ2n) is 7.74. The zero-order chi connectivity index (χ0) is 24.0. The molecule has 1 fully saturated rings. The number of carbonyl (C=O) groups is 1. The van der Waals surface area contributed by atoms with E-state index in [4.69, 9.17) is 19.9 Å².